The first-order valence-corrected chi connectivity index (χ1v) is 6.91. The van der Waals surface area contributed by atoms with Gasteiger partial charge in [0.1, 0.15) is 18.4 Å². The number of pyridine rings is 1. The maximum absolute atomic E-state index is 11.0. The molecule has 0 saturated heterocycles. The summed E-state index contributed by atoms with van der Waals surface area (Å²) in [6.45, 7) is 4.49. The van der Waals surface area contributed by atoms with Gasteiger partial charge in [0, 0.05) is 12.2 Å². The molecular formula is C15H19N3O2. The highest BCUT2D eigenvalue weighted by Gasteiger charge is 2.22. The zero-order valence-electron chi connectivity index (χ0n) is 11.9. The van der Waals surface area contributed by atoms with Crippen LogP contribution in [0.15, 0.2) is 6.07 Å². The SMILES string of the molecule is CC(C)CN(CC(=O)O)c1nc2c(cc1C#N)CCC2. The van der Waals surface area contributed by atoms with Gasteiger partial charge >= 0.3 is 5.97 Å². The fourth-order valence-electron chi connectivity index (χ4n) is 2.61. The summed E-state index contributed by atoms with van der Waals surface area (Å²) < 4.78 is 0. The molecule has 5 heteroatoms. The summed E-state index contributed by atoms with van der Waals surface area (Å²) in [4.78, 5) is 17.3. The topological polar surface area (TPSA) is 77.2 Å². The van der Waals surface area contributed by atoms with Crippen LogP contribution in [0.4, 0.5) is 5.82 Å². The van der Waals surface area contributed by atoms with Crippen molar-refractivity contribution in [2.24, 2.45) is 5.92 Å². The summed E-state index contributed by atoms with van der Waals surface area (Å²) in [6.07, 6.45) is 2.93. The van der Waals surface area contributed by atoms with Gasteiger partial charge in [-0.25, -0.2) is 4.98 Å². The molecule has 0 fully saturated rings. The van der Waals surface area contributed by atoms with Gasteiger partial charge < -0.3 is 10.0 Å². The molecule has 0 aliphatic heterocycles. The fourth-order valence-corrected chi connectivity index (χ4v) is 2.61. The second-order valence-corrected chi connectivity index (χ2v) is 5.60. The summed E-state index contributed by atoms with van der Waals surface area (Å²) in [5.74, 6) is -0.0861. The number of hydrogen-bond acceptors (Lipinski definition) is 4. The Balaban J connectivity index is 2.41. The van der Waals surface area contributed by atoms with E-state index in [2.05, 4.69) is 11.1 Å². The number of aliphatic carboxylic acids is 1. The minimum Gasteiger partial charge on any atom is -0.480 e. The van der Waals surface area contributed by atoms with E-state index in [4.69, 9.17) is 5.11 Å². The zero-order valence-corrected chi connectivity index (χ0v) is 11.9. The molecule has 0 aromatic carbocycles. The Hall–Kier alpha value is -2.09. The van der Waals surface area contributed by atoms with Crippen LogP contribution in [-0.4, -0.2) is 29.1 Å². The third-order valence-electron chi connectivity index (χ3n) is 3.36. The molecule has 1 aromatic heterocycles. The highest BCUT2D eigenvalue weighted by molar-refractivity contribution is 5.74. The second-order valence-electron chi connectivity index (χ2n) is 5.60. The lowest BCUT2D eigenvalue weighted by atomic mass is 10.1. The van der Waals surface area contributed by atoms with Crippen LogP contribution >= 0.6 is 0 Å². The molecule has 0 atom stereocenters. The van der Waals surface area contributed by atoms with E-state index in [1.165, 1.54) is 0 Å². The molecule has 1 aliphatic carbocycles. The lowest BCUT2D eigenvalue weighted by Crippen LogP contribution is -2.34. The van der Waals surface area contributed by atoms with Gasteiger partial charge in [-0.3, -0.25) is 4.79 Å². The standard InChI is InChI=1S/C15H19N3O2/c1-10(2)8-18(9-14(19)20)15-12(7-16)6-11-4-3-5-13(11)17-15/h6,10H,3-5,8-9H2,1-2H3,(H,19,20). The molecule has 2 rings (SSSR count). The van der Waals surface area contributed by atoms with Crippen LogP contribution in [0.3, 0.4) is 0 Å². The Morgan fingerprint density at radius 3 is 2.90 bits per heavy atom. The number of hydrogen-bond donors (Lipinski definition) is 1. The van der Waals surface area contributed by atoms with Crippen molar-refractivity contribution in [3.05, 3.63) is 22.9 Å². The monoisotopic (exact) mass is 273 g/mol. The highest BCUT2D eigenvalue weighted by atomic mass is 16.4. The molecule has 5 nitrogen and oxygen atoms in total. The molecule has 0 spiro atoms. The summed E-state index contributed by atoms with van der Waals surface area (Å²) >= 11 is 0. The summed E-state index contributed by atoms with van der Waals surface area (Å²) in [5.41, 5.74) is 2.62. The minimum atomic E-state index is -0.906. The van der Waals surface area contributed by atoms with Gasteiger partial charge in [-0.2, -0.15) is 5.26 Å². The molecule has 0 bridgehead atoms. The largest absolute Gasteiger partial charge is 0.480 e. The van der Waals surface area contributed by atoms with Gasteiger partial charge in [-0.1, -0.05) is 13.8 Å². The van der Waals surface area contributed by atoms with Crippen molar-refractivity contribution in [2.75, 3.05) is 18.0 Å². The number of aromatic nitrogens is 1. The fraction of sp³-hybridized carbons (Fsp3) is 0.533. The number of rotatable bonds is 5. The predicted molar refractivity (Wildman–Crippen MR) is 75.7 cm³/mol. The van der Waals surface area contributed by atoms with Gasteiger partial charge in [0.15, 0.2) is 0 Å². The van der Waals surface area contributed by atoms with Crippen LogP contribution in [0.2, 0.25) is 0 Å². The molecule has 1 aliphatic rings. The molecule has 106 valence electrons. The van der Waals surface area contributed by atoms with E-state index in [1.54, 1.807) is 4.90 Å². The van der Waals surface area contributed by atoms with E-state index < -0.39 is 5.97 Å². The summed E-state index contributed by atoms with van der Waals surface area (Å²) in [6, 6.07) is 4.03. The summed E-state index contributed by atoms with van der Waals surface area (Å²) in [5, 5.41) is 18.4. The van der Waals surface area contributed by atoms with E-state index in [1.807, 2.05) is 19.9 Å². The lowest BCUT2D eigenvalue weighted by Gasteiger charge is -2.25. The van der Waals surface area contributed by atoms with Gasteiger partial charge in [0.25, 0.3) is 0 Å². The van der Waals surface area contributed by atoms with Crippen molar-refractivity contribution in [3.8, 4) is 6.07 Å². The Kier molecular flexibility index (Phi) is 4.23. The van der Waals surface area contributed by atoms with Gasteiger partial charge in [-0.05, 0) is 36.8 Å². The first-order valence-electron chi connectivity index (χ1n) is 6.91. The number of fused-ring (bicyclic) bond motifs is 1. The van der Waals surface area contributed by atoms with Crippen molar-refractivity contribution < 1.29 is 9.90 Å². The number of carbonyl (C=O) groups is 1. The number of anilines is 1. The smallest absolute Gasteiger partial charge is 0.323 e. The first-order chi connectivity index (χ1) is 9.51. The van der Waals surface area contributed by atoms with E-state index in [-0.39, 0.29) is 6.54 Å². The average Bonchev–Trinajstić information content (AvgIpc) is 2.82. The molecule has 0 unspecified atom stereocenters. The Morgan fingerprint density at radius 1 is 1.55 bits per heavy atom. The molecule has 0 amide bonds. The van der Waals surface area contributed by atoms with E-state index in [0.717, 1.165) is 30.5 Å². The molecular weight excluding hydrogens is 254 g/mol. The lowest BCUT2D eigenvalue weighted by molar-refractivity contribution is -0.135. The average molecular weight is 273 g/mol. The van der Waals surface area contributed by atoms with E-state index >= 15 is 0 Å². The van der Waals surface area contributed by atoms with Gasteiger partial charge in [-0.15, -0.1) is 0 Å². The van der Waals surface area contributed by atoms with Crippen LogP contribution < -0.4 is 4.90 Å². The van der Waals surface area contributed by atoms with Crippen LogP contribution in [0.5, 0.6) is 0 Å². The van der Waals surface area contributed by atoms with Crippen molar-refractivity contribution in [3.63, 3.8) is 0 Å². The van der Waals surface area contributed by atoms with E-state index in [9.17, 15) is 10.1 Å². The highest BCUT2D eigenvalue weighted by Crippen LogP contribution is 2.27. The Bertz CT molecular complexity index is 561. The molecule has 1 N–H and O–H groups in total. The first kappa shape index (κ1) is 14.3. The predicted octanol–water partition coefficient (Wildman–Crippen LogP) is 1.99. The Morgan fingerprint density at radius 2 is 2.30 bits per heavy atom. The van der Waals surface area contributed by atoms with Crippen LogP contribution in [0.25, 0.3) is 0 Å². The second kappa shape index (κ2) is 5.91. The normalized spacial score (nSPS) is 13.1. The minimum absolute atomic E-state index is 0.126. The van der Waals surface area contributed by atoms with Crippen molar-refractivity contribution in [1.29, 1.82) is 5.26 Å². The summed E-state index contributed by atoms with van der Waals surface area (Å²) in [7, 11) is 0. The Labute approximate surface area is 118 Å². The van der Waals surface area contributed by atoms with Gasteiger partial charge in [0.2, 0.25) is 0 Å². The van der Waals surface area contributed by atoms with Crippen molar-refractivity contribution in [2.45, 2.75) is 33.1 Å². The van der Waals surface area contributed by atoms with E-state index in [0.29, 0.717) is 23.8 Å². The zero-order chi connectivity index (χ0) is 14.7. The number of nitrogens with zero attached hydrogens (tertiary/aromatic N) is 3. The van der Waals surface area contributed by atoms with Gasteiger partial charge in [0.05, 0.1) is 5.56 Å². The maximum atomic E-state index is 11.0. The van der Waals surface area contributed by atoms with Crippen LogP contribution in [-0.2, 0) is 17.6 Å². The number of carboxylic acid groups (broad SMARTS) is 1. The van der Waals surface area contributed by atoms with Crippen LogP contribution in [0, 0.1) is 17.2 Å². The van der Waals surface area contributed by atoms with Crippen molar-refractivity contribution >= 4 is 11.8 Å². The number of carboxylic acids is 1. The number of nitriles is 1. The van der Waals surface area contributed by atoms with Crippen LogP contribution in [0.1, 0.15) is 37.1 Å². The third-order valence-corrected chi connectivity index (χ3v) is 3.36. The molecule has 1 aromatic rings. The molecule has 0 saturated carbocycles. The molecule has 0 radical (unpaired) electrons. The molecule has 1 heterocycles. The maximum Gasteiger partial charge on any atom is 0.323 e. The molecule has 20 heavy (non-hydrogen) atoms. The third kappa shape index (κ3) is 3.08. The quantitative estimate of drug-likeness (QED) is 0.887. The number of aryl methyl sites for hydroxylation is 2. The van der Waals surface area contributed by atoms with Crippen molar-refractivity contribution in [1.82, 2.24) is 4.98 Å².